The monoisotopic (exact) mass is 141 g/mol. The fourth-order valence-electron chi connectivity index (χ4n) is 0.742. The van der Waals surface area contributed by atoms with Gasteiger partial charge >= 0.3 is 0 Å². The van der Waals surface area contributed by atoms with Crippen LogP contribution in [0.25, 0.3) is 0 Å². The zero-order valence-electron chi connectivity index (χ0n) is 5.14. The molecule has 10 heavy (non-hydrogen) atoms. The Morgan fingerprint density at radius 3 is 2.70 bits per heavy atom. The quantitative estimate of drug-likeness (QED) is 0.507. The van der Waals surface area contributed by atoms with Gasteiger partial charge in [0.2, 0.25) is 0 Å². The first-order valence-corrected chi connectivity index (χ1v) is 2.87. The number of allylic oxidation sites excluding steroid dienone is 4. The fraction of sp³-hybridized carbons (Fsp3) is 0.286. The van der Waals surface area contributed by atoms with Gasteiger partial charge in [-0.25, -0.2) is 8.78 Å². The van der Waals surface area contributed by atoms with Gasteiger partial charge in [-0.2, -0.15) is 5.26 Å². The molecule has 0 aromatic heterocycles. The topological polar surface area (TPSA) is 23.8 Å². The van der Waals surface area contributed by atoms with Crippen LogP contribution in [-0.2, 0) is 0 Å². The smallest absolute Gasteiger partial charge is 0.155 e. The van der Waals surface area contributed by atoms with E-state index in [2.05, 4.69) is 0 Å². The summed E-state index contributed by atoms with van der Waals surface area (Å²) >= 11 is 0. The van der Waals surface area contributed by atoms with Gasteiger partial charge in [-0.1, -0.05) is 0 Å². The molecule has 1 aliphatic carbocycles. The Bertz CT molecular complexity index is 234. The molecule has 52 valence electrons. The van der Waals surface area contributed by atoms with Crippen LogP contribution in [0.1, 0.15) is 6.42 Å². The lowest BCUT2D eigenvalue weighted by molar-refractivity contribution is 0.520. The molecule has 0 spiro atoms. The number of rotatable bonds is 0. The fourth-order valence-corrected chi connectivity index (χ4v) is 0.742. The molecule has 0 bridgehead atoms. The van der Waals surface area contributed by atoms with E-state index < -0.39 is 17.6 Å². The van der Waals surface area contributed by atoms with Gasteiger partial charge in [-0.15, -0.1) is 0 Å². The predicted octanol–water partition coefficient (Wildman–Crippen LogP) is 2.24. The van der Waals surface area contributed by atoms with Gasteiger partial charge in [0, 0.05) is 0 Å². The Balaban J connectivity index is 2.78. The molecule has 0 fully saturated rings. The number of nitrogens with zero attached hydrogens (tertiary/aromatic N) is 1. The van der Waals surface area contributed by atoms with E-state index in [1.807, 2.05) is 6.07 Å². The molecule has 0 aromatic rings. The van der Waals surface area contributed by atoms with E-state index in [-0.39, 0.29) is 6.42 Å². The zero-order valence-corrected chi connectivity index (χ0v) is 5.14. The van der Waals surface area contributed by atoms with Crippen LogP contribution in [-0.4, -0.2) is 0 Å². The lowest BCUT2D eigenvalue weighted by Gasteiger charge is -2.05. The normalized spacial score (nSPS) is 24.7. The minimum Gasteiger partial charge on any atom is -0.204 e. The Hall–Kier alpha value is -1.17. The van der Waals surface area contributed by atoms with Crippen LogP contribution in [0.15, 0.2) is 23.8 Å². The Kier molecular flexibility index (Phi) is 1.81. The van der Waals surface area contributed by atoms with Crippen molar-refractivity contribution in [2.24, 2.45) is 5.92 Å². The highest BCUT2D eigenvalue weighted by atomic mass is 19.2. The first kappa shape index (κ1) is 6.94. The Morgan fingerprint density at radius 1 is 1.50 bits per heavy atom. The molecule has 1 rings (SSSR count). The standard InChI is InChI=1S/C7H5F2N/c8-6-2-1-5(4-10)3-7(6)9/h2-3,5H,1H2. The van der Waals surface area contributed by atoms with Crippen LogP contribution < -0.4 is 0 Å². The third kappa shape index (κ3) is 1.21. The SMILES string of the molecule is N#CC1C=C(F)C(F)=CC1. The van der Waals surface area contributed by atoms with Crippen molar-refractivity contribution in [3.05, 3.63) is 23.8 Å². The summed E-state index contributed by atoms with van der Waals surface area (Å²) in [7, 11) is 0. The first-order chi connectivity index (χ1) is 4.74. The molecule has 0 aromatic carbocycles. The van der Waals surface area contributed by atoms with Crippen molar-refractivity contribution >= 4 is 0 Å². The van der Waals surface area contributed by atoms with E-state index in [9.17, 15) is 8.78 Å². The summed E-state index contributed by atoms with van der Waals surface area (Å²) in [6.45, 7) is 0. The lowest BCUT2D eigenvalue weighted by atomic mass is 10.0. The van der Waals surface area contributed by atoms with Crippen LogP contribution in [0.5, 0.6) is 0 Å². The summed E-state index contributed by atoms with van der Waals surface area (Å²) < 4.78 is 24.5. The molecule has 0 heterocycles. The van der Waals surface area contributed by atoms with Crippen molar-refractivity contribution in [2.75, 3.05) is 0 Å². The Morgan fingerprint density at radius 2 is 2.20 bits per heavy atom. The van der Waals surface area contributed by atoms with Gasteiger partial charge in [-0.05, 0) is 18.6 Å². The summed E-state index contributed by atoms with van der Waals surface area (Å²) in [5.74, 6) is -2.27. The molecular weight excluding hydrogens is 136 g/mol. The summed E-state index contributed by atoms with van der Waals surface area (Å²) in [4.78, 5) is 0. The molecule has 1 aliphatic rings. The molecule has 1 atom stereocenters. The molecule has 0 saturated carbocycles. The molecular formula is C7H5F2N. The van der Waals surface area contributed by atoms with Gasteiger partial charge in [0.25, 0.3) is 0 Å². The molecule has 1 unspecified atom stereocenters. The third-order valence-electron chi connectivity index (χ3n) is 1.29. The van der Waals surface area contributed by atoms with Crippen LogP contribution in [0.2, 0.25) is 0 Å². The van der Waals surface area contributed by atoms with Crippen LogP contribution in [0.4, 0.5) is 8.78 Å². The maximum Gasteiger partial charge on any atom is 0.155 e. The maximum atomic E-state index is 12.3. The molecule has 0 saturated heterocycles. The maximum absolute atomic E-state index is 12.3. The second-order valence-electron chi connectivity index (χ2n) is 2.04. The minimum atomic E-state index is -0.919. The largest absolute Gasteiger partial charge is 0.204 e. The zero-order chi connectivity index (χ0) is 7.56. The third-order valence-corrected chi connectivity index (χ3v) is 1.29. The van der Waals surface area contributed by atoms with E-state index in [0.29, 0.717) is 0 Å². The number of halogens is 2. The van der Waals surface area contributed by atoms with E-state index in [4.69, 9.17) is 5.26 Å². The van der Waals surface area contributed by atoms with E-state index in [1.54, 1.807) is 0 Å². The summed E-state index contributed by atoms with van der Waals surface area (Å²) in [5.41, 5.74) is 0. The molecule has 0 aliphatic heterocycles. The number of hydrogen-bond acceptors (Lipinski definition) is 1. The highest BCUT2D eigenvalue weighted by molar-refractivity contribution is 5.26. The van der Waals surface area contributed by atoms with Crippen LogP contribution in [0, 0.1) is 17.2 Å². The summed E-state index contributed by atoms with van der Waals surface area (Å²) in [6.07, 6.45) is 2.36. The van der Waals surface area contributed by atoms with Crippen molar-refractivity contribution in [3.8, 4) is 6.07 Å². The van der Waals surface area contributed by atoms with Gasteiger partial charge in [0.05, 0.1) is 12.0 Å². The highest BCUT2D eigenvalue weighted by Crippen LogP contribution is 2.23. The number of hydrogen-bond donors (Lipinski definition) is 0. The van der Waals surface area contributed by atoms with Crippen LogP contribution in [0.3, 0.4) is 0 Å². The number of nitriles is 1. The molecule has 0 radical (unpaired) electrons. The van der Waals surface area contributed by atoms with Crippen LogP contribution >= 0.6 is 0 Å². The molecule has 0 amide bonds. The average Bonchev–Trinajstić information content (AvgIpc) is 1.95. The summed E-state index contributed by atoms with van der Waals surface area (Å²) in [5, 5.41) is 8.28. The molecule has 1 nitrogen and oxygen atoms in total. The van der Waals surface area contributed by atoms with Gasteiger partial charge in [-0.3, -0.25) is 0 Å². The van der Waals surface area contributed by atoms with E-state index >= 15 is 0 Å². The second-order valence-corrected chi connectivity index (χ2v) is 2.04. The average molecular weight is 141 g/mol. The van der Waals surface area contributed by atoms with Gasteiger partial charge < -0.3 is 0 Å². The summed E-state index contributed by atoms with van der Waals surface area (Å²) in [6, 6.07) is 1.83. The van der Waals surface area contributed by atoms with Crippen molar-refractivity contribution in [1.29, 1.82) is 5.26 Å². The minimum absolute atomic E-state index is 0.274. The molecule has 3 heteroatoms. The second kappa shape index (κ2) is 2.61. The van der Waals surface area contributed by atoms with E-state index in [0.717, 1.165) is 12.2 Å². The van der Waals surface area contributed by atoms with Crippen molar-refractivity contribution in [1.82, 2.24) is 0 Å². The lowest BCUT2D eigenvalue weighted by Crippen LogP contribution is -1.97. The van der Waals surface area contributed by atoms with Crippen molar-refractivity contribution in [2.45, 2.75) is 6.42 Å². The first-order valence-electron chi connectivity index (χ1n) is 2.87. The van der Waals surface area contributed by atoms with Gasteiger partial charge in [0.15, 0.2) is 11.7 Å². The highest BCUT2D eigenvalue weighted by Gasteiger charge is 2.14. The van der Waals surface area contributed by atoms with E-state index in [1.165, 1.54) is 0 Å². The Labute approximate surface area is 57.3 Å². The predicted molar refractivity (Wildman–Crippen MR) is 32.1 cm³/mol. The van der Waals surface area contributed by atoms with Crippen molar-refractivity contribution in [3.63, 3.8) is 0 Å². The molecule has 0 N–H and O–H groups in total. The van der Waals surface area contributed by atoms with Gasteiger partial charge in [0.1, 0.15) is 0 Å². The van der Waals surface area contributed by atoms with Crippen molar-refractivity contribution < 1.29 is 8.78 Å².